The normalized spacial score (nSPS) is 13.2. The van der Waals surface area contributed by atoms with E-state index < -0.39 is 0 Å². The largest absolute Gasteiger partial charge is 0.385 e. The van der Waals surface area contributed by atoms with Crippen molar-refractivity contribution in [1.29, 1.82) is 0 Å². The summed E-state index contributed by atoms with van der Waals surface area (Å²) >= 11 is 1.94. The van der Waals surface area contributed by atoms with E-state index in [1.165, 1.54) is 12.2 Å². The molecule has 0 saturated heterocycles. The van der Waals surface area contributed by atoms with Crippen LogP contribution < -0.4 is 5.73 Å². The molecule has 0 radical (unpaired) electrons. The van der Waals surface area contributed by atoms with Gasteiger partial charge in [0.1, 0.15) is 0 Å². The number of thioether (sulfide) groups is 1. The van der Waals surface area contributed by atoms with Crippen LogP contribution in [-0.4, -0.2) is 31.3 Å². The van der Waals surface area contributed by atoms with Crippen LogP contribution in [0.1, 0.15) is 26.2 Å². The third-order valence-electron chi connectivity index (χ3n) is 1.63. The van der Waals surface area contributed by atoms with Crippen LogP contribution in [0, 0.1) is 0 Å². The summed E-state index contributed by atoms with van der Waals surface area (Å²) in [5.74, 6) is 2.27. The van der Waals surface area contributed by atoms with E-state index in [2.05, 4.69) is 6.92 Å². The molecule has 0 spiro atoms. The molecule has 1 atom stereocenters. The van der Waals surface area contributed by atoms with E-state index in [1.807, 2.05) is 11.8 Å². The van der Waals surface area contributed by atoms with Gasteiger partial charge in [-0.3, -0.25) is 0 Å². The lowest BCUT2D eigenvalue weighted by Crippen LogP contribution is -2.22. The highest BCUT2D eigenvalue weighted by atomic mass is 32.2. The molecular formula is C9H21NOS. The van der Waals surface area contributed by atoms with Gasteiger partial charge < -0.3 is 10.5 Å². The van der Waals surface area contributed by atoms with E-state index in [0.29, 0.717) is 6.04 Å². The summed E-state index contributed by atoms with van der Waals surface area (Å²) in [7, 11) is 1.74. The summed E-state index contributed by atoms with van der Waals surface area (Å²) < 4.78 is 4.95. The molecule has 2 N–H and O–H groups in total. The number of methoxy groups -OCH3 is 1. The molecule has 0 amide bonds. The maximum absolute atomic E-state index is 5.85. The molecule has 0 fully saturated rings. The van der Waals surface area contributed by atoms with Crippen molar-refractivity contribution in [2.24, 2.45) is 5.73 Å². The summed E-state index contributed by atoms with van der Waals surface area (Å²) in [6.07, 6.45) is 3.48. The third-order valence-corrected chi connectivity index (χ3v) is 2.87. The Morgan fingerprint density at radius 3 is 2.83 bits per heavy atom. The average Bonchev–Trinajstić information content (AvgIpc) is 2.05. The summed E-state index contributed by atoms with van der Waals surface area (Å²) in [5, 5.41) is 0. The minimum absolute atomic E-state index is 0.391. The van der Waals surface area contributed by atoms with Gasteiger partial charge in [0.15, 0.2) is 0 Å². The van der Waals surface area contributed by atoms with Crippen molar-refractivity contribution in [2.45, 2.75) is 32.2 Å². The molecule has 0 bridgehead atoms. The topological polar surface area (TPSA) is 35.2 Å². The molecular weight excluding hydrogens is 170 g/mol. The summed E-state index contributed by atoms with van der Waals surface area (Å²) in [4.78, 5) is 0. The first kappa shape index (κ1) is 12.3. The highest BCUT2D eigenvalue weighted by Gasteiger charge is 1.99. The SMILES string of the molecule is CCCC(N)CSCCCOC. The lowest BCUT2D eigenvalue weighted by atomic mass is 10.2. The fourth-order valence-electron chi connectivity index (χ4n) is 0.994. The molecule has 0 aromatic carbocycles. The smallest absolute Gasteiger partial charge is 0.0470 e. The quantitative estimate of drug-likeness (QED) is 0.595. The van der Waals surface area contributed by atoms with Crippen molar-refractivity contribution in [2.75, 3.05) is 25.2 Å². The van der Waals surface area contributed by atoms with Crippen molar-refractivity contribution in [3.05, 3.63) is 0 Å². The Morgan fingerprint density at radius 2 is 2.25 bits per heavy atom. The van der Waals surface area contributed by atoms with Crippen LogP contribution in [0.4, 0.5) is 0 Å². The van der Waals surface area contributed by atoms with Gasteiger partial charge in [0.25, 0.3) is 0 Å². The molecule has 0 rings (SSSR count). The molecule has 1 unspecified atom stereocenters. The zero-order valence-electron chi connectivity index (χ0n) is 8.21. The van der Waals surface area contributed by atoms with E-state index in [1.54, 1.807) is 7.11 Å². The molecule has 0 aliphatic rings. The maximum atomic E-state index is 5.85. The van der Waals surface area contributed by atoms with Crippen molar-refractivity contribution < 1.29 is 4.74 Å². The lowest BCUT2D eigenvalue weighted by Gasteiger charge is -2.08. The van der Waals surface area contributed by atoms with Crippen molar-refractivity contribution in [1.82, 2.24) is 0 Å². The second-order valence-electron chi connectivity index (χ2n) is 2.97. The van der Waals surface area contributed by atoms with Crippen molar-refractivity contribution >= 4 is 11.8 Å². The van der Waals surface area contributed by atoms with Gasteiger partial charge in [-0.15, -0.1) is 0 Å². The minimum Gasteiger partial charge on any atom is -0.385 e. The predicted molar refractivity (Wildman–Crippen MR) is 56.7 cm³/mol. The standard InChI is InChI=1S/C9H21NOS/c1-3-5-9(10)8-12-7-4-6-11-2/h9H,3-8,10H2,1-2H3. The Balaban J connectivity index is 2.97. The van der Waals surface area contributed by atoms with Crippen LogP contribution in [0.15, 0.2) is 0 Å². The van der Waals surface area contributed by atoms with Crippen molar-refractivity contribution in [3.8, 4) is 0 Å². The zero-order valence-corrected chi connectivity index (χ0v) is 9.03. The van der Waals surface area contributed by atoms with E-state index in [9.17, 15) is 0 Å². The Labute approximate surface area is 80.2 Å². The molecule has 0 saturated carbocycles. The Bertz CT molecular complexity index is 90.6. The summed E-state index contributed by atoms with van der Waals surface area (Å²) in [6.45, 7) is 3.05. The van der Waals surface area contributed by atoms with Crippen molar-refractivity contribution in [3.63, 3.8) is 0 Å². The molecule has 2 nitrogen and oxygen atoms in total. The fourth-order valence-corrected chi connectivity index (χ4v) is 1.95. The summed E-state index contributed by atoms with van der Waals surface area (Å²) in [6, 6.07) is 0.391. The fraction of sp³-hybridized carbons (Fsp3) is 1.00. The average molecular weight is 191 g/mol. The number of rotatable bonds is 8. The molecule has 3 heteroatoms. The monoisotopic (exact) mass is 191 g/mol. The number of nitrogens with two attached hydrogens (primary N) is 1. The zero-order chi connectivity index (χ0) is 9.23. The van der Waals surface area contributed by atoms with Gasteiger partial charge in [-0.25, -0.2) is 0 Å². The molecule has 0 aromatic heterocycles. The second kappa shape index (κ2) is 9.36. The summed E-state index contributed by atoms with van der Waals surface area (Å²) in [5.41, 5.74) is 5.85. The van der Waals surface area contributed by atoms with Crippen LogP contribution in [0.3, 0.4) is 0 Å². The minimum atomic E-state index is 0.391. The van der Waals surface area contributed by atoms with E-state index in [4.69, 9.17) is 10.5 Å². The third kappa shape index (κ3) is 8.37. The predicted octanol–water partition coefficient (Wildman–Crippen LogP) is 1.88. The van der Waals surface area contributed by atoms with Gasteiger partial charge in [0.05, 0.1) is 0 Å². The first-order valence-corrected chi connectivity index (χ1v) is 5.79. The maximum Gasteiger partial charge on any atom is 0.0470 e. The van der Waals surface area contributed by atoms with Gasteiger partial charge >= 0.3 is 0 Å². The number of ether oxygens (including phenoxy) is 1. The van der Waals surface area contributed by atoms with Crippen LogP contribution in [0.5, 0.6) is 0 Å². The molecule has 0 aliphatic heterocycles. The van der Waals surface area contributed by atoms with Crippen LogP contribution in [-0.2, 0) is 4.74 Å². The van der Waals surface area contributed by atoms with Gasteiger partial charge in [-0.2, -0.15) is 11.8 Å². The number of hydrogen-bond acceptors (Lipinski definition) is 3. The van der Waals surface area contributed by atoms with Gasteiger partial charge in [-0.1, -0.05) is 13.3 Å². The van der Waals surface area contributed by atoms with Gasteiger partial charge in [-0.05, 0) is 18.6 Å². The van der Waals surface area contributed by atoms with Crippen LogP contribution in [0.2, 0.25) is 0 Å². The van der Waals surface area contributed by atoms with E-state index in [-0.39, 0.29) is 0 Å². The Kier molecular flexibility index (Phi) is 9.57. The first-order valence-electron chi connectivity index (χ1n) is 4.63. The molecule has 0 aromatic rings. The van der Waals surface area contributed by atoms with Gasteiger partial charge in [0, 0.05) is 25.5 Å². The highest BCUT2D eigenvalue weighted by Crippen LogP contribution is 2.06. The highest BCUT2D eigenvalue weighted by molar-refractivity contribution is 7.99. The second-order valence-corrected chi connectivity index (χ2v) is 4.12. The molecule has 0 aliphatic carbocycles. The number of hydrogen-bond donors (Lipinski definition) is 1. The Morgan fingerprint density at radius 1 is 1.50 bits per heavy atom. The van der Waals surface area contributed by atoms with Crippen LogP contribution >= 0.6 is 11.8 Å². The molecule has 12 heavy (non-hydrogen) atoms. The van der Waals surface area contributed by atoms with Gasteiger partial charge in [0.2, 0.25) is 0 Å². The molecule has 74 valence electrons. The van der Waals surface area contributed by atoms with Crippen LogP contribution in [0.25, 0.3) is 0 Å². The molecule has 0 heterocycles. The lowest BCUT2D eigenvalue weighted by molar-refractivity contribution is 0.200. The van der Waals surface area contributed by atoms with E-state index in [0.717, 1.165) is 25.2 Å². The first-order chi connectivity index (χ1) is 5.81. The Hall–Kier alpha value is 0.270. The van der Waals surface area contributed by atoms with E-state index >= 15 is 0 Å².